The molecule has 0 aliphatic heterocycles. The van der Waals surface area contributed by atoms with Gasteiger partial charge in [0, 0.05) is 29.7 Å². The Morgan fingerprint density at radius 3 is 2.56 bits per heavy atom. The zero-order valence-corrected chi connectivity index (χ0v) is 17.3. The Balaban J connectivity index is 1.54. The van der Waals surface area contributed by atoms with Gasteiger partial charge in [-0.15, -0.1) is 0 Å². The van der Waals surface area contributed by atoms with Crippen molar-refractivity contribution in [3.8, 4) is 22.9 Å². The molecule has 4 rings (SSSR count). The summed E-state index contributed by atoms with van der Waals surface area (Å²) in [4.78, 5) is 28.9. The summed E-state index contributed by atoms with van der Waals surface area (Å²) in [5, 5.41) is 0. The van der Waals surface area contributed by atoms with Gasteiger partial charge in [0.25, 0.3) is 5.88 Å². The second-order valence-corrected chi connectivity index (χ2v) is 7.16. The maximum atomic E-state index is 13.8. The molecule has 0 N–H and O–H groups in total. The van der Waals surface area contributed by atoms with Gasteiger partial charge < -0.3 is 4.74 Å². The van der Waals surface area contributed by atoms with E-state index in [2.05, 4.69) is 19.9 Å². The second-order valence-electron chi connectivity index (χ2n) is 7.16. The lowest BCUT2D eigenvalue weighted by atomic mass is 10.0. The highest BCUT2D eigenvalue weighted by molar-refractivity contribution is 5.98. The smallest absolute Gasteiger partial charge is 0.255 e. The summed E-state index contributed by atoms with van der Waals surface area (Å²) in [6.07, 6.45) is 6.89. The van der Waals surface area contributed by atoms with E-state index >= 15 is 0 Å². The van der Waals surface area contributed by atoms with Crippen molar-refractivity contribution in [3.63, 3.8) is 0 Å². The Kier molecular flexibility index (Phi) is 5.93. The first-order chi connectivity index (χ1) is 15.4. The second kappa shape index (κ2) is 8.97. The van der Waals surface area contributed by atoms with E-state index in [1.165, 1.54) is 37.6 Å². The summed E-state index contributed by atoms with van der Waals surface area (Å²) in [5.74, 6) is -1.10. The van der Waals surface area contributed by atoms with Crippen molar-refractivity contribution in [1.82, 2.24) is 19.9 Å². The van der Waals surface area contributed by atoms with E-state index in [-0.39, 0.29) is 29.2 Å². The lowest BCUT2D eigenvalue weighted by Crippen LogP contribution is -2.09. The zero-order valence-electron chi connectivity index (χ0n) is 17.3. The molecule has 6 nitrogen and oxygen atoms in total. The number of carbonyl (C=O) groups excluding carboxylic acids is 1. The Labute approximate surface area is 183 Å². The van der Waals surface area contributed by atoms with E-state index in [9.17, 15) is 13.6 Å². The third kappa shape index (κ3) is 4.49. The molecule has 8 heteroatoms. The minimum absolute atomic E-state index is 0.0274. The predicted molar refractivity (Wildman–Crippen MR) is 113 cm³/mol. The maximum absolute atomic E-state index is 13.8. The molecular weight excluding hydrogens is 414 g/mol. The molecule has 0 saturated heterocycles. The number of nitrogens with zero attached hydrogens (tertiary/aromatic N) is 4. The SMILES string of the molecule is Cc1ccc(Oc2ncccc2F)cc1-c1cnc(CC(=O)c2cncc(F)c2C)cn1. The first kappa shape index (κ1) is 21.2. The maximum Gasteiger partial charge on any atom is 0.255 e. The number of ether oxygens (including phenoxy) is 1. The summed E-state index contributed by atoms with van der Waals surface area (Å²) in [7, 11) is 0. The number of pyridine rings is 2. The van der Waals surface area contributed by atoms with Crippen molar-refractivity contribution in [1.29, 1.82) is 0 Å². The molecule has 0 spiro atoms. The summed E-state index contributed by atoms with van der Waals surface area (Å²) < 4.78 is 33.1. The first-order valence-electron chi connectivity index (χ1n) is 9.76. The molecule has 4 aromatic rings. The minimum atomic E-state index is -0.563. The largest absolute Gasteiger partial charge is 0.436 e. The molecule has 0 bridgehead atoms. The van der Waals surface area contributed by atoms with Crippen molar-refractivity contribution in [3.05, 3.63) is 95.3 Å². The Morgan fingerprint density at radius 1 is 0.969 bits per heavy atom. The summed E-state index contributed by atoms with van der Waals surface area (Å²) >= 11 is 0. The van der Waals surface area contributed by atoms with E-state index in [1.807, 2.05) is 13.0 Å². The Morgan fingerprint density at radius 2 is 1.81 bits per heavy atom. The summed E-state index contributed by atoms with van der Waals surface area (Å²) in [6.45, 7) is 3.44. The van der Waals surface area contributed by atoms with Gasteiger partial charge >= 0.3 is 0 Å². The molecule has 0 amide bonds. The van der Waals surface area contributed by atoms with Crippen LogP contribution in [0.5, 0.6) is 11.6 Å². The van der Waals surface area contributed by atoms with Crippen LogP contribution in [-0.2, 0) is 6.42 Å². The molecule has 3 aromatic heterocycles. The van der Waals surface area contributed by atoms with Crippen molar-refractivity contribution in [2.45, 2.75) is 20.3 Å². The number of halogens is 2. The summed E-state index contributed by atoms with van der Waals surface area (Å²) in [5.41, 5.74) is 3.15. The van der Waals surface area contributed by atoms with Gasteiger partial charge in [-0.1, -0.05) is 6.07 Å². The highest BCUT2D eigenvalue weighted by Gasteiger charge is 2.15. The molecule has 0 saturated carbocycles. The van der Waals surface area contributed by atoms with E-state index in [0.717, 1.165) is 17.3 Å². The molecule has 160 valence electrons. The van der Waals surface area contributed by atoms with Gasteiger partial charge in [-0.05, 0) is 49.2 Å². The number of carbonyl (C=O) groups is 1. The molecule has 0 radical (unpaired) electrons. The van der Waals surface area contributed by atoms with Gasteiger partial charge in [0.1, 0.15) is 11.6 Å². The normalized spacial score (nSPS) is 10.8. The lowest BCUT2D eigenvalue weighted by molar-refractivity contribution is 0.0990. The van der Waals surface area contributed by atoms with Crippen LogP contribution in [0, 0.1) is 25.5 Å². The number of hydrogen-bond acceptors (Lipinski definition) is 6. The fourth-order valence-corrected chi connectivity index (χ4v) is 3.12. The number of hydrogen-bond donors (Lipinski definition) is 0. The van der Waals surface area contributed by atoms with Crippen molar-refractivity contribution >= 4 is 5.78 Å². The Bertz CT molecular complexity index is 1290. The Hall–Kier alpha value is -4.07. The van der Waals surface area contributed by atoms with E-state index in [0.29, 0.717) is 17.1 Å². The predicted octanol–water partition coefficient (Wildman–Crippen LogP) is 5.05. The molecular formula is C24H18F2N4O2. The first-order valence-corrected chi connectivity index (χ1v) is 9.76. The highest BCUT2D eigenvalue weighted by Crippen LogP contribution is 2.29. The monoisotopic (exact) mass is 432 g/mol. The average molecular weight is 432 g/mol. The van der Waals surface area contributed by atoms with Crippen molar-refractivity contribution < 1.29 is 18.3 Å². The lowest BCUT2D eigenvalue weighted by Gasteiger charge is -2.10. The third-order valence-electron chi connectivity index (χ3n) is 4.93. The van der Waals surface area contributed by atoms with Gasteiger partial charge in [0.2, 0.25) is 0 Å². The van der Waals surface area contributed by atoms with Crippen LogP contribution >= 0.6 is 0 Å². The van der Waals surface area contributed by atoms with Gasteiger partial charge in [0.15, 0.2) is 11.6 Å². The molecule has 32 heavy (non-hydrogen) atoms. The molecule has 0 atom stereocenters. The van der Waals surface area contributed by atoms with Gasteiger partial charge in [0.05, 0.1) is 30.2 Å². The van der Waals surface area contributed by atoms with Crippen LogP contribution in [0.25, 0.3) is 11.3 Å². The van der Waals surface area contributed by atoms with Gasteiger partial charge in [-0.3, -0.25) is 19.7 Å². The van der Waals surface area contributed by atoms with Crippen LogP contribution in [0.3, 0.4) is 0 Å². The number of aromatic nitrogens is 4. The van der Waals surface area contributed by atoms with Crippen molar-refractivity contribution in [2.75, 3.05) is 0 Å². The average Bonchev–Trinajstić information content (AvgIpc) is 2.79. The standard InChI is InChI=1S/C24H18F2N4O2/c1-14-5-6-17(32-24-20(25)4-3-7-28-24)9-18(14)22-13-29-16(10-30-22)8-23(31)19-11-27-12-21(26)15(19)2/h3-7,9-13H,8H2,1-2H3. The summed E-state index contributed by atoms with van der Waals surface area (Å²) in [6, 6.07) is 8.01. The molecule has 0 aliphatic carbocycles. The quantitative estimate of drug-likeness (QED) is 0.397. The van der Waals surface area contributed by atoms with Crippen LogP contribution in [0.4, 0.5) is 8.78 Å². The molecule has 1 aromatic carbocycles. The van der Waals surface area contributed by atoms with Gasteiger partial charge in [-0.25, -0.2) is 13.8 Å². The van der Waals surface area contributed by atoms with Crippen molar-refractivity contribution in [2.24, 2.45) is 0 Å². The van der Waals surface area contributed by atoms with Crippen LogP contribution in [0.2, 0.25) is 0 Å². The fourth-order valence-electron chi connectivity index (χ4n) is 3.12. The highest BCUT2D eigenvalue weighted by atomic mass is 19.1. The van der Waals surface area contributed by atoms with E-state index in [1.54, 1.807) is 18.3 Å². The number of benzene rings is 1. The fraction of sp³-hybridized carbons (Fsp3) is 0.125. The van der Waals surface area contributed by atoms with E-state index in [4.69, 9.17) is 4.74 Å². The van der Waals surface area contributed by atoms with Crippen LogP contribution < -0.4 is 4.74 Å². The minimum Gasteiger partial charge on any atom is -0.436 e. The topological polar surface area (TPSA) is 77.9 Å². The van der Waals surface area contributed by atoms with Crippen LogP contribution in [0.1, 0.15) is 27.2 Å². The molecule has 0 aliphatic rings. The van der Waals surface area contributed by atoms with Crippen LogP contribution in [-0.4, -0.2) is 25.7 Å². The number of aryl methyl sites for hydroxylation is 1. The molecule has 3 heterocycles. The number of Topliss-reactive ketones (excluding diaryl/α,β-unsaturated/α-hetero) is 1. The number of ketones is 1. The number of rotatable bonds is 6. The van der Waals surface area contributed by atoms with Gasteiger partial charge in [-0.2, -0.15) is 0 Å². The zero-order chi connectivity index (χ0) is 22.7. The van der Waals surface area contributed by atoms with E-state index < -0.39 is 11.6 Å². The molecule has 0 fully saturated rings. The van der Waals surface area contributed by atoms with Crippen LogP contribution in [0.15, 0.2) is 61.3 Å². The third-order valence-corrected chi connectivity index (χ3v) is 4.93. The molecule has 0 unspecified atom stereocenters.